The lowest BCUT2D eigenvalue weighted by molar-refractivity contribution is -0.0499. The molecule has 0 aliphatic carbocycles. The van der Waals surface area contributed by atoms with Gasteiger partial charge in [0.2, 0.25) is 0 Å². The molecule has 25 heavy (non-hydrogen) atoms. The fourth-order valence-corrected chi connectivity index (χ4v) is 3.23. The smallest absolute Gasteiger partial charge is 0.455 e. The Hall–Kier alpha value is -2.74. The molecule has 0 fully saturated rings. The molecule has 0 unspecified atom stereocenters. The number of halogens is 3. The third-order valence-corrected chi connectivity index (χ3v) is 4.80. The quantitative estimate of drug-likeness (QED) is 0.371. The van der Waals surface area contributed by atoms with Crippen LogP contribution in [0, 0.1) is 0 Å². The third kappa shape index (κ3) is 2.41. The average Bonchev–Trinajstić information content (AvgIpc) is 2.93. The van der Waals surface area contributed by atoms with Gasteiger partial charge in [-0.15, -0.1) is 0 Å². The Morgan fingerprint density at radius 2 is 1.64 bits per heavy atom. The van der Waals surface area contributed by atoms with E-state index in [1.807, 2.05) is 18.2 Å². The van der Waals surface area contributed by atoms with Crippen molar-refractivity contribution in [2.75, 3.05) is 0 Å². The summed E-state index contributed by atoms with van der Waals surface area (Å²) in [6.45, 7) is 0. The van der Waals surface area contributed by atoms with Crippen LogP contribution in [0.4, 0.5) is 13.2 Å². The fourth-order valence-electron chi connectivity index (χ4n) is 2.76. The molecule has 0 aliphatic rings. The van der Waals surface area contributed by atoms with Gasteiger partial charge in [0.05, 0.1) is 5.39 Å². The van der Waals surface area contributed by atoms with E-state index in [9.17, 15) is 21.6 Å². The largest absolute Gasteiger partial charge is 0.534 e. The van der Waals surface area contributed by atoms with Crippen molar-refractivity contribution in [3.05, 3.63) is 54.6 Å². The van der Waals surface area contributed by atoms with Crippen LogP contribution in [0.25, 0.3) is 32.7 Å². The van der Waals surface area contributed by atoms with Crippen molar-refractivity contribution in [2.45, 2.75) is 5.51 Å². The van der Waals surface area contributed by atoms with E-state index in [1.165, 1.54) is 12.1 Å². The Labute approximate surface area is 139 Å². The van der Waals surface area contributed by atoms with Crippen LogP contribution >= 0.6 is 0 Å². The molecule has 0 aliphatic heterocycles. The van der Waals surface area contributed by atoms with Crippen LogP contribution in [0.5, 0.6) is 5.75 Å². The maximum absolute atomic E-state index is 12.6. The summed E-state index contributed by atoms with van der Waals surface area (Å²) in [5.74, 6) is -0.427. The van der Waals surface area contributed by atoms with E-state index in [4.69, 9.17) is 4.42 Å². The molecule has 0 saturated carbocycles. The van der Waals surface area contributed by atoms with E-state index >= 15 is 0 Å². The zero-order valence-electron chi connectivity index (χ0n) is 12.4. The molecule has 4 nitrogen and oxygen atoms in total. The molecule has 8 heteroatoms. The molecule has 1 heterocycles. The molecule has 0 spiro atoms. The van der Waals surface area contributed by atoms with Gasteiger partial charge in [0.25, 0.3) is 0 Å². The molecule has 0 N–H and O–H groups in total. The molecular formula is C17H9F3O4S. The standard InChI is InChI=1S/C17H9F3O4S/c18-17(19,20)25(21,22)24-14-7-3-6-13-15(14)12-9-8-10-4-1-2-5-11(10)16(12)23-13/h1-9H. The molecule has 0 radical (unpaired) electrons. The van der Waals surface area contributed by atoms with Gasteiger partial charge in [-0.3, -0.25) is 0 Å². The highest BCUT2D eigenvalue weighted by Gasteiger charge is 2.48. The molecule has 0 atom stereocenters. The van der Waals surface area contributed by atoms with E-state index in [-0.39, 0.29) is 11.0 Å². The van der Waals surface area contributed by atoms with Crippen molar-refractivity contribution in [2.24, 2.45) is 0 Å². The monoisotopic (exact) mass is 366 g/mol. The first-order chi connectivity index (χ1) is 11.8. The zero-order chi connectivity index (χ0) is 17.8. The van der Waals surface area contributed by atoms with Crippen molar-refractivity contribution in [1.29, 1.82) is 0 Å². The minimum atomic E-state index is -5.77. The van der Waals surface area contributed by atoms with Gasteiger partial charge >= 0.3 is 15.6 Å². The van der Waals surface area contributed by atoms with Crippen molar-refractivity contribution in [3.8, 4) is 5.75 Å². The van der Waals surface area contributed by atoms with Gasteiger partial charge in [-0.1, -0.05) is 36.4 Å². The van der Waals surface area contributed by atoms with E-state index in [1.54, 1.807) is 18.2 Å². The van der Waals surface area contributed by atoms with Gasteiger partial charge in [0.15, 0.2) is 5.75 Å². The second-order valence-electron chi connectivity index (χ2n) is 5.38. The summed E-state index contributed by atoms with van der Waals surface area (Å²) in [5, 5.41) is 2.30. The van der Waals surface area contributed by atoms with Crippen molar-refractivity contribution in [1.82, 2.24) is 0 Å². The number of benzene rings is 3. The summed E-state index contributed by atoms with van der Waals surface area (Å²) in [6.07, 6.45) is 0. The molecule has 0 saturated heterocycles. The first-order valence-corrected chi connectivity index (χ1v) is 8.52. The second-order valence-corrected chi connectivity index (χ2v) is 6.92. The minimum Gasteiger partial charge on any atom is -0.455 e. The summed E-state index contributed by atoms with van der Waals surface area (Å²) in [5.41, 5.74) is -4.82. The van der Waals surface area contributed by atoms with Crippen molar-refractivity contribution < 1.29 is 30.2 Å². The van der Waals surface area contributed by atoms with Gasteiger partial charge < -0.3 is 8.60 Å². The Morgan fingerprint density at radius 1 is 0.880 bits per heavy atom. The van der Waals surface area contributed by atoms with Crippen LogP contribution < -0.4 is 4.18 Å². The van der Waals surface area contributed by atoms with Gasteiger partial charge in [0, 0.05) is 10.8 Å². The highest BCUT2D eigenvalue weighted by Crippen LogP contribution is 2.40. The lowest BCUT2D eigenvalue weighted by Gasteiger charge is -2.10. The summed E-state index contributed by atoms with van der Waals surface area (Å²) in [6, 6.07) is 14.8. The molecule has 0 bridgehead atoms. The van der Waals surface area contributed by atoms with Crippen LogP contribution in [0.15, 0.2) is 59.0 Å². The van der Waals surface area contributed by atoms with Gasteiger partial charge in [-0.05, 0) is 23.6 Å². The van der Waals surface area contributed by atoms with E-state index in [2.05, 4.69) is 4.18 Å². The predicted octanol–water partition coefficient (Wildman–Crippen LogP) is 4.97. The maximum atomic E-state index is 12.6. The van der Waals surface area contributed by atoms with Gasteiger partial charge in [0.1, 0.15) is 11.2 Å². The summed E-state index contributed by atoms with van der Waals surface area (Å²) < 4.78 is 70.7. The Morgan fingerprint density at radius 3 is 2.40 bits per heavy atom. The number of alkyl halides is 3. The first-order valence-electron chi connectivity index (χ1n) is 7.12. The number of fused-ring (bicyclic) bond motifs is 5. The van der Waals surface area contributed by atoms with Crippen LogP contribution in [0.3, 0.4) is 0 Å². The molecule has 4 rings (SSSR count). The van der Waals surface area contributed by atoms with Gasteiger partial charge in [-0.2, -0.15) is 21.6 Å². The summed E-state index contributed by atoms with van der Waals surface area (Å²) >= 11 is 0. The Kier molecular flexibility index (Phi) is 3.23. The average molecular weight is 366 g/mol. The first kappa shape index (κ1) is 15.8. The fraction of sp³-hybridized carbons (Fsp3) is 0.0588. The maximum Gasteiger partial charge on any atom is 0.534 e. The van der Waals surface area contributed by atoms with Crippen LogP contribution in [0.2, 0.25) is 0 Å². The van der Waals surface area contributed by atoms with E-state index in [0.29, 0.717) is 11.0 Å². The molecule has 0 amide bonds. The molecular weight excluding hydrogens is 357 g/mol. The summed E-state index contributed by atoms with van der Waals surface area (Å²) in [4.78, 5) is 0. The van der Waals surface area contributed by atoms with Gasteiger partial charge in [-0.25, -0.2) is 0 Å². The topological polar surface area (TPSA) is 56.5 Å². The molecule has 1 aromatic heterocycles. The highest BCUT2D eigenvalue weighted by atomic mass is 32.2. The zero-order valence-corrected chi connectivity index (χ0v) is 13.2. The SMILES string of the molecule is O=S(=O)(Oc1cccc2oc3c4ccccc4ccc3c12)C(F)(F)F. The predicted molar refractivity (Wildman–Crippen MR) is 86.8 cm³/mol. The number of rotatable bonds is 2. The molecule has 3 aromatic carbocycles. The lowest BCUT2D eigenvalue weighted by atomic mass is 10.1. The third-order valence-electron chi connectivity index (χ3n) is 3.83. The van der Waals surface area contributed by atoms with Crippen LogP contribution in [-0.4, -0.2) is 13.9 Å². The normalized spacial score (nSPS) is 12.9. The van der Waals surface area contributed by atoms with Crippen LogP contribution in [-0.2, 0) is 10.1 Å². The second kappa shape index (κ2) is 5.13. The number of hydrogen-bond acceptors (Lipinski definition) is 4. The van der Waals surface area contributed by atoms with E-state index < -0.39 is 21.4 Å². The van der Waals surface area contributed by atoms with E-state index in [0.717, 1.165) is 16.8 Å². The lowest BCUT2D eigenvalue weighted by Crippen LogP contribution is -2.28. The number of hydrogen-bond donors (Lipinski definition) is 0. The minimum absolute atomic E-state index is 0.177. The molecule has 4 aromatic rings. The van der Waals surface area contributed by atoms with Crippen LogP contribution in [0.1, 0.15) is 0 Å². The molecule has 128 valence electrons. The summed E-state index contributed by atoms with van der Waals surface area (Å²) in [7, 11) is -5.77. The van der Waals surface area contributed by atoms with Crippen molar-refractivity contribution >= 4 is 42.8 Å². The Bertz CT molecular complexity index is 1220. The number of furan rings is 1. The van der Waals surface area contributed by atoms with Crippen molar-refractivity contribution in [3.63, 3.8) is 0 Å². The highest BCUT2D eigenvalue weighted by molar-refractivity contribution is 7.88. The Balaban J connectivity index is 2.03.